The monoisotopic (exact) mass is 247 g/mol. The van der Waals surface area contributed by atoms with Crippen molar-refractivity contribution in [2.75, 3.05) is 0 Å². The Hall–Kier alpha value is -1.62. The van der Waals surface area contributed by atoms with E-state index in [1.807, 2.05) is 24.1 Å². The third-order valence-electron chi connectivity index (χ3n) is 3.52. The van der Waals surface area contributed by atoms with Crippen LogP contribution in [-0.2, 0) is 7.05 Å². The fourth-order valence-corrected chi connectivity index (χ4v) is 2.47. The molecule has 0 spiro atoms. The van der Waals surface area contributed by atoms with Crippen molar-refractivity contribution in [1.82, 2.24) is 25.3 Å². The second-order valence-electron chi connectivity index (χ2n) is 4.85. The number of aromatic amines is 1. The van der Waals surface area contributed by atoms with Crippen LogP contribution in [0.3, 0.4) is 0 Å². The first-order valence-electron chi connectivity index (χ1n) is 6.25. The van der Waals surface area contributed by atoms with E-state index in [1.54, 1.807) is 0 Å². The molecule has 2 heterocycles. The Balaban J connectivity index is 2.15. The molecule has 98 valence electrons. The molecule has 0 radical (unpaired) electrons. The molecular weight excluding hydrogens is 226 g/mol. The van der Waals surface area contributed by atoms with Gasteiger partial charge in [0.1, 0.15) is 0 Å². The smallest absolute Gasteiger partial charge is 0.0644 e. The van der Waals surface area contributed by atoms with Gasteiger partial charge in [0.2, 0.25) is 0 Å². The number of rotatable bonds is 4. The number of aromatic nitrogens is 4. The SMILES string of the molecule is Cc1nn(C)c(C)c1C(C)NC(C)c1cn[nH]c1. The zero-order chi connectivity index (χ0) is 13.3. The summed E-state index contributed by atoms with van der Waals surface area (Å²) in [6, 6.07) is 0.529. The molecule has 18 heavy (non-hydrogen) atoms. The van der Waals surface area contributed by atoms with Crippen molar-refractivity contribution >= 4 is 0 Å². The van der Waals surface area contributed by atoms with E-state index in [9.17, 15) is 0 Å². The molecule has 0 saturated heterocycles. The summed E-state index contributed by atoms with van der Waals surface area (Å²) < 4.78 is 1.94. The Morgan fingerprint density at radius 3 is 2.50 bits per heavy atom. The van der Waals surface area contributed by atoms with Gasteiger partial charge in [-0.2, -0.15) is 10.2 Å². The molecule has 2 aromatic rings. The maximum absolute atomic E-state index is 4.46. The summed E-state index contributed by atoms with van der Waals surface area (Å²) in [4.78, 5) is 0. The molecule has 2 unspecified atom stereocenters. The van der Waals surface area contributed by atoms with E-state index in [-0.39, 0.29) is 12.1 Å². The van der Waals surface area contributed by atoms with Crippen molar-refractivity contribution in [2.45, 2.75) is 39.8 Å². The molecule has 2 rings (SSSR count). The van der Waals surface area contributed by atoms with Gasteiger partial charge in [0.15, 0.2) is 0 Å². The molecule has 2 aromatic heterocycles. The molecular formula is C13H21N5. The first-order chi connectivity index (χ1) is 8.50. The van der Waals surface area contributed by atoms with Gasteiger partial charge in [-0.1, -0.05) is 0 Å². The standard InChI is InChI=1S/C13H21N5/c1-8(12-6-14-15-7-12)16-9(2)13-10(3)17-18(5)11(13)4/h6-9,16H,1-5H3,(H,14,15). The number of H-pyrrole nitrogens is 1. The number of hydrogen-bond donors (Lipinski definition) is 2. The van der Waals surface area contributed by atoms with Gasteiger partial charge in [0.25, 0.3) is 0 Å². The normalized spacial score (nSPS) is 14.7. The molecule has 0 aliphatic heterocycles. The lowest BCUT2D eigenvalue weighted by Gasteiger charge is -2.19. The maximum atomic E-state index is 4.46. The van der Waals surface area contributed by atoms with Gasteiger partial charge in [-0.15, -0.1) is 0 Å². The van der Waals surface area contributed by atoms with Crippen LogP contribution in [0.1, 0.15) is 48.4 Å². The summed E-state index contributed by atoms with van der Waals surface area (Å²) in [5, 5.41) is 14.9. The van der Waals surface area contributed by atoms with Crippen LogP contribution in [0.2, 0.25) is 0 Å². The third-order valence-corrected chi connectivity index (χ3v) is 3.52. The first-order valence-corrected chi connectivity index (χ1v) is 6.25. The molecule has 0 aliphatic rings. The van der Waals surface area contributed by atoms with Crippen LogP contribution in [0.25, 0.3) is 0 Å². The zero-order valence-corrected chi connectivity index (χ0v) is 11.7. The highest BCUT2D eigenvalue weighted by molar-refractivity contribution is 5.28. The second-order valence-corrected chi connectivity index (χ2v) is 4.85. The average molecular weight is 247 g/mol. The van der Waals surface area contributed by atoms with Gasteiger partial charge < -0.3 is 5.32 Å². The molecule has 5 nitrogen and oxygen atoms in total. The van der Waals surface area contributed by atoms with E-state index >= 15 is 0 Å². The van der Waals surface area contributed by atoms with Crippen molar-refractivity contribution in [2.24, 2.45) is 7.05 Å². The maximum Gasteiger partial charge on any atom is 0.0644 e. The van der Waals surface area contributed by atoms with E-state index < -0.39 is 0 Å². The largest absolute Gasteiger partial charge is 0.303 e. The summed E-state index contributed by atoms with van der Waals surface area (Å²) in [6.07, 6.45) is 3.78. The number of hydrogen-bond acceptors (Lipinski definition) is 3. The summed E-state index contributed by atoms with van der Waals surface area (Å²) >= 11 is 0. The lowest BCUT2D eigenvalue weighted by molar-refractivity contribution is 0.491. The molecule has 2 atom stereocenters. The fraction of sp³-hybridized carbons (Fsp3) is 0.538. The average Bonchev–Trinajstić information content (AvgIpc) is 2.88. The van der Waals surface area contributed by atoms with Crippen LogP contribution >= 0.6 is 0 Å². The summed E-state index contributed by atoms with van der Waals surface area (Å²) in [5.74, 6) is 0. The molecule has 2 N–H and O–H groups in total. The number of aryl methyl sites for hydroxylation is 2. The molecule has 0 fully saturated rings. The van der Waals surface area contributed by atoms with Crippen LogP contribution in [0.5, 0.6) is 0 Å². The Kier molecular flexibility index (Phi) is 3.52. The van der Waals surface area contributed by atoms with Gasteiger partial charge in [0, 0.05) is 42.1 Å². The van der Waals surface area contributed by atoms with Crippen molar-refractivity contribution < 1.29 is 0 Å². The van der Waals surface area contributed by atoms with Crippen LogP contribution in [-0.4, -0.2) is 20.0 Å². The Morgan fingerprint density at radius 1 is 1.28 bits per heavy atom. The lowest BCUT2D eigenvalue weighted by atomic mass is 10.0. The first kappa shape index (κ1) is 12.8. The van der Waals surface area contributed by atoms with Gasteiger partial charge in [-0.3, -0.25) is 9.78 Å². The van der Waals surface area contributed by atoms with Crippen LogP contribution in [0, 0.1) is 13.8 Å². The van der Waals surface area contributed by atoms with E-state index in [0.29, 0.717) is 0 Å². The highest BCUT2D eigenvalue weighted by Gasteiger charge is 2.18. The molecule has 0 saturated carbocycles. The molecule has 0 bridgehead atoms. The van der Waals surface area contributed by atoms with Crippen molar-refractivity contribution in [1.29, 1.82) is 0 Å². The lowest BCUT2D eigenvalue weighted by Crippen LogP contribution is -2.23. The van der Waals surface area contributed by atoms with Gasteiger partial charge in [-0.05, 0) is 27.7 Å². The highest BCUT2D eigenvalue weighted by atomic mass is 15.3. The van der Waals surface area contributed by atoms with Crippen LogP contribution in [0.15, 0.2) is 12.4 Å². The van der Waals surface area contributed by atoms with Gasteiger partial charge in [0.05, 0.1) is 11.9 Å². The fourth-order valence-electron chi connectivity index (χ4n) is 2.47. The topological polar surface area (TPSA) is 58.5 Å². The molecule has 5 heteroatoms. The molecule has 0 aromatic carbocycles. The van der Waals surface area contributed by atoms with E-state index in [1.165, 1.54) is 16.8 Å². The van der Waals surface area contributed by atoms with Crippen molar-refractivity contribution in [3.63, 3.8) is 0 Å². The highest BCUT2D eigenvalue weighted by Crippen LogP contribution is 2.23. The zero-order valence-electron chi connectivity index (χ0n) is 11.7. The van der Waals surface area contributed by atoms with Gasteiger partial charge in [-0.25, -0.2) is 0 Å². The Bertz CT molecular complexity index is 512. The third kappa shape index (κ3) is 2.31. The Labute approximate surface area is 108 Å². The van der Waals surface area contributed by atoms with Crippen molar-refractivity contribution in [3.05, 3.63) is 34.9 Å². The Morgan fingerprint density at radius 2 is 2.00 bits per heavy atom. The molecule has 0 amide bonds. The van der Waals surface area contributed by atoms with E-state index in [2.05, 4.69) is 48.3 Å². The minimum atomic E-state index is 0.262. The van der Waals surface area contributed by atoms with Gasteiger partial charge >= 0.3 is 0 Å². The number of nitrogens with zero attached hydrogens (tertiary/aromatic N) is 3. The molecule has 0 aliphatic carbocycles. The van der Waals surface area contributed by atoms with Crippen LogP contribution < -0.4 is 5.32 Å². The summed E-state index contributed by atoms with van der Waals surface area (Å²) in [6.45, 7) is 8.48. The minimum Gasteiger partial charge on any atom is -0.303 e. The number of nitrogens with one attached hydrogen (secondary N) is 2. The predicted octanol–water partition coefficient (Wildman–Crippen LogP) is 2.17. The second kappa shape index (κ2) is 4.94. The van der Waals surface area contributed by atoms with Crippen molar-refractivity contribution in [3.8, 4) is 0 Å². The summed E-state index contributed by atoms with van der Waals surface area (Å²) in [5.41, 5.74) is 4.76. The minimum absolute atomic E-state index is 0.262. The quantitative estimate of drug-likeness (QED) is 0.870. The van der Waals surface area contributed by atoms with E-state index in [4.69, 9.17) is 0 Å². The summed E-state index contributed by atoms with van der Waals surface area (Å²) in [7, 11) is 1.98. The van der Waals surface area contributed by atoms with Crippen LogP contribution in [0.4, 0.5) is 0 Å². The predicted molar refractivity (Wildman–Crippen MR) is 71.2 cm³/mol. The van der Waals surface area contributed by atoms with E-state index in [0.717, 1.165) is 5.69 Å².